The fraction of sp³-hybridized carbons (Fsp3) is 0.357. The molecule has 41 heavy (non-hydrogen) atoms. The van der Waals surface area contributed by atoms with E-state index in [4.69, 9.17) is 11.6 Å². The van der Waals surface area contributed by atoms with Gasteiger partial charge in [-0.05, 0) is 66.8 Å². The van der Waals surface area contributed by atoms with Crippen molar-refractivity contribution < 1.29 is 22.8 Å². The molecule has 3 aromatic rings. The van der Waals surface area contributed by atoms with Crippen LogP contribution < -0.4 is 16.0 Å². The van der Waals surface area contributed by atoms with Crippen molar-refractivity contribution in [2.24, 2.45) is 5.18 Å². The zero-order chi connectivity index (χ0) is 29.4. The Morgan fingerprint density at radius 2 is 1.78 bits per heavy atom. The second-order valence-corrected chi connectivity index (χ2v) is 11.2. The van der Waals surface area contributed by atoms with Gasteiger partial charge in [0.2, 0.25) is 5.91 Å². The summed E-state index contributed by atoms with van der Waals surface area (Å²) in [5.74, 6) is -0.150. The molecule has 2 aromatic carbocycles. The van der Waals surface area contributed by atoms with Crippen molar-refractivity contribution in [3.05, 3.63) is 85.6 Å². The highest BCUT2D eigenvalue weighted by atomic mass is 35.5. The molecular formula is C28H29ClF3N5O3S. The molecule has 1 aliphatic heterocycles. The van der Waals surface area contributed by atoms with E-state index in [9.17, 15) is 27.7 Å². The standard InChI is InChI=1S/C28H29ClF3N5O3S/c29-20-7-9-21(10-8-20)35-27(39)36-26-23(16-34-40)22-12-15-37(17-24(22)41-26)14-1-13-33-25(38)11-4-18-2-5-19(6-3-18)28(30,31)32/h2-3,5-10H,1,4,11-17H2,(H,33,38)(H2,35,36,39). The van der Waals surface area contributed by atoms with E-state index >= 15 is 0 Å². The Morgan fingerprint density at radius 3 is 2.46 bits per heavy atom. The molecular weight excluding hydrogens is 579 g/mol. The number of aryl methyl sites for hydroxylation is 1. The number of hydrogen-bond donors (Lipinski definition) is 3. The average Bonchev–Trinajstić information content (AvgIpc) is 3.27. The Balaban J connectivity index is 1.22. The molecule has 0 saturated carbocycles. The second kappa shape index (κ2) is 13.9. The minimum Gasteiger partial charge on any atom is -0.356 e. The van der Waals surface area contributed by atoms with Gasteiger partial charge in [0.25, 0.3) is 0 Å². The summed E-state index contributed by atoms with van der Waals surface area (Å²) in [6.07, 6.45) is -2.37. The van der Waals surface area contributed by atoms with Crippen LogP contribution in [-0.2, 0) is 36.9 Å². The zero-order valence-corrected chi connectivity index (χ0v) is 23.6. The summed E-state index contributed by atoms with van der Waals surface area (Å²) in [5.41, 5.74) is 2.34. The van der Waals surface area contributed by atoms with Gasteiger partial charge in [-0.25, -0.2) is 4.79 Å². The zero-order valence-electron chi connectivity index (χ0n) is 22.0. The van der Waals surface area contributed by atoms with Crippen LogP contribution in [0.4, 0.5) is 28.7 Å². The average molecular weight is 608 g/mol. The number of nitrogens with one attached hydrogen (secondary N) is 3. The van der Waals surface area contributed by atoms with E-state index in [1.807, 2.05) is 0 Å². The third-order valence-corrected chi connectivity index (χ3v) is 8.12. The first-order valence-corrected chi connectivity index (χ1v) is 14.2. The highest BCUT2D eigenvalue weighted by Gasteiger charge is 2.30. The number of carbonyl (C=O) groups is 2. The van der Waals surface area contributed by atoms with E-state index < -0.39 is 17.8 Å². The number of carbonyl (C=O) groups excluding carboxylic acids is 2. The number of rotatable bonds is 11. The number of nitrogens with zero attached hydrogens (tertiary/aromatic N) is 2. The number of thiophene rings is 1. The third-order valence-electron chi connectivity index (χ3n) is 6.69. The fourth-order valence-electron chi connectivity index (χ4n) is 4.58. The molecule has 3 amide bonds. The van der Waals surface area contributed by atoms with E-state index in [1.54, 1.807) is 24.3 Å². The van der Waals surface area contributed by atoms with E-state index in [1.165, 1.54) is 23.5 Å². The number of fused-ring (bicyclic) bond motifs is 1. The summed E-state index contributed by atoms with van der Waals surface area (Å²) in [5, 5.41) is 12.7. The molecule has 0 spiro atoms. The number of benzene rings is 2. The van der Waals surface area contributed by atoms with Crippen LogP contribution in [0.5, 0.6) is 0 Å². The second-order valence-electron chi connectivity index (χ2n) is 9.61. The fourth-order valence-corrected chi connectivity index (χ4v) is 6.00. The lowest BCUT2D eigenvalue weighted by atomic mass is 10.0. The molecule has 4 rings (SSSR count). The molecule has 3 N–H and O–H groups in total. The highest BCUT2D eigenvalue weighted by Crippen LogP contribution is 2.38. The Labute approximate surface area is 244 Å². The summed E-state index contributed by atoms with van der Waals surface area (Å²) in [6.45, 7) is 2.64. The largest absolute Gasteiger partial charge is 0.416 e. The molecule has 8 nitrogen and oxygen atoms in total. The molecule has 0 atom stereocenters. The molecule has 0 unspecified atom stereocenters. The first-order chi connectivity index (χ1) is 19.6. The van der Waals surface area contributed by atoms with Gasteiger partial charge in [0.1, 0.15) is 11.5 Å². The minimum atomic E-state index is -4.38. The number of anilines is 2. The number of hydrogen-bond acceptors (Lipinski definition) is 6. The smallest absolute Gasteiger partial charge is 0.356 e. The van der Waals surface area contributed by atoms with Gasteiger partial charge in [-0.15, -0.1) is 11.3 Å². The number of amides is 3. The van der Waals surface area contributed by atoms with Crippen molar-refractivity contribution in [3.63, 3.8) is 0 Å². The van der Waals surface area contributed by atoms with Gasteiger partial charge in [-0.1, -0.05) is 28.9 Å². The topological polar surface area (TPSA) is 103 Å². The quantitative estimate of drug-likeness (QED) is 0.164. The van der Waals surface area contributed by atoms with Gasteiger partial charge >= 0.3 is 12.2 Å². The molecule has 1 aromatic heterocycles. The monoisotopic (exact) mass is 607 g/mol. The van der Waals surface area contributed by atoms with E-state index in [-0.39, 0.29) is 18.9 Å². The van der Waals surface area contributed by atoms with Crippen LogP contribution in [0.2, 0.25) is 5.02 Å². The lowest BCUT2D eigenvalue weighted by Gasteiger charge is -2.27. The van der Waals surface area contributed by atoms with Gasteiger partial charge in [0, 0.05) is 53.8 Å². The minimum absolute atomic E-state index is 0.0269. The van der Waals surface area contributed by atoms with Crippen molar-refractivity contribution in [3.8, 4) is 0 Å². The summed E-state index contributed by atoms with van der Waals surface area (Å²) in [7, 11) is 0. The predicted octanol–water partition coefficient (Wildman–Crippen LogP) is 6.83. The van der Waals surface area contributed by atoms with Gasteiger partial charge in [0.15, 0.2) is 0 Å². The Kier molecular flexibility index (Phi) is 10.4. The Morgan fingerprint density at radius 1 is 1.05 bits per heavy atom. The predicted molar refractivity (Wildman–Crippen MR) is 154 cm³/mol. The Bertz CT molecular complexity index is 1360. The molecule has 13 heteroatoms. The van der Waals surface area contributed by atoms with Gasteiger partial charge < -0.3 is 10.6 Å². The highest BCUT2D eigenvalue weighted by molar-refractivity contribution is 7.16. The van der Waals surface area contributed by atoms with Crippen molar-refractivity contribution in [2.45, 2.75) is 44.9 Å². The maximum absolute atomic E-state index is 12.7. The van der Waals surface area contributed by atoms with Crippen molar-refractivity contribution in [1.29, 1.82) is 0 Å². The first kappa shape index (κ1) is 30.5. The summed E-state index contributed by atoms with van der Waals surface area (Å²) < 4.78 is 38.1. The number of halogens is 4. The normalized spacial score (nSPS) is 13.4. The Hall–Kier alpha value is -3.48. The third kappa shape index (κ3) is 8.75. The van der Waals surface area contributed by atoms with E-state index in [0.29, 0.717) is 40.8 Å². The molecule has 0 aliphatic carbocycles. The van der Waals surface area contributed by atoms with E-state index in [2.05, 4.69) is 26.0 Å². The van der Waals surface area contributed by atoms with Crippen molar-refractivity contribution in [1.82, 2.24) is 10.2 Å². The molecule has 218 valence electrons. The van der Waals surface area contributed by atoms with Crippen LogP contribution in [0.25, 0.3) is 0 Å². The summed E-state index contributed by atoms with van der Waals surface area (Å²) >= 11 is 7.32. The van der Waals surface area contributed by atoms with Gasteiger partial charge in [-0.2, -0.15) is 18.1 Å². The number of urea groups is 1. The molecule has 0 bridgehead atoms. The van der Waals surface area contributed by atoms with Crippen molar-refractivity contribution >= 4 is 45.6 Å². The molecule has 0 radical (unpaired) electrons. The molecule has 2 heterocycles. The van der Waals surface area contributed by atoms with Crippen LogP contribution in [0.1, 0.15) is 40.0 Å². The lowest BCUT2D eigenvalue weighted by molar-refractivity contribution is -0.137. The van der Waals surface area contributed by atoms with Crippen molar-refractivity contribution in [2.75, 3.05) is 30.3 Å². The maximum atomic E-state index is 12.7. The molecule has 0 fully saturated rings. The molecule has 1 aliphatic rings. The molecule has 0 saturated heterocycles. The first-order valence-electron chi connectivity index (χ1n) is 13.0. The summed E-state index contributed by atoms with van der Waals surface area (Å²) in [6, 6.07) is 11.1. The maximum Gasteiger partial charge on any atom is 0.416 e. The number of alkyl halides is 3. The number of nitroso groups, excluding NO2 is 1. The van der Waals surface area contributed by atoms with Crippen LogP contribution in [-0.4, -0.2) is 36.5 Å². The lowest BCUT2D eigenvalue weighted by Crippen LogP contribution is -2.33. The van der Waals surface area contributed by atoms with Crippen LogP contribution in [0.3, 0.4) is 0 Å². The van der Waals surface area contributed by atoms with Crippen LogP contribution in [0.15, 0.2) is 53.7 Å². The SMILES string of the molecule is O=NCc1c(NC(=O)Nc2ccc(Cl)cc2)sc2c1CCN(CCCNC(=O)CCc1ccc(C(F)(F)F)cc1)C2. The van der Waals surface area contributed by atoms with E-state index in [0.717, 1.165) is 54.1 Å². The van der Waals surface area contributed by atoms with Crippen LogP contribution in [0, 0.1) is 4.91 Å². The summed E-state index contributed by atoms with van der Waals surface area (Å²) in [4.78, 5) is 39.2. The van der Waals surface area contributed by atoms with Gasteiger partial charge in [0.05, 0.1) is 5.56 Å². The van der Waals surface area contributed by atoms with Crippen LogP contribution >= 0.6 is 22.9 Å². The van der Waals surface area contributed by atoms with Gasteiger partial charge in [-0.3, -0.25) is 15.0 Å².